The van der Waals surface area contributed by atoms with E-state index in [1.54, 1.807) is 36.5 Å². The van der Waals surface area contributed by atoms with E-state index in [2.05, 4.69) is 44.8 Å². The number of nitrogens with one attached hydrogen (secondary N) is 2. The summed E-state index contributed by atoms with van der Waals surface area (Å²) in [5.74, 6) is 0.463. The fourth-order valence-electron chi connectivity index (χ4n) is 3.48. The third kappa shape index (κ3) is 4.43. The summed E-state index contributed by atoms with van der Waals surface area (Å²) in [7, 11) is 0. The van der Waals surface area contributed by atoms with Gasteiger partial charge in [-0.2, -0.15) is 0 Å². The fourth-order valence-corrected chi connectivity index (χ4v) is 3.48. The lowest BCUT2D eigenvalue weighted by Crippen LogP contribution is -2.31. The van der Waals surface area contributed by atoms with Crippen molar-refractivity contribution in [2.75, 3.05) is 22.1 Å². The van der Waals surface area contributed by atoms with Crippen molar-refractivity contribution in [3.05, 3.63) is 83.6 Å². The molecule has 2 N–H and O–H groups in total. The molecule has 2 heterocycles. The highest BCUT2D eigenvalue weighted by molar-refractivity contribution is 6.04. The molecule has 1 aliphatic rings. The van der Waals surface area contributed by atoms with E-state index in [-0.39, 0.29) is 11.8 Å². The van der Waals surface area contributed by atoms with Gasteiger partial charge in [-0.1, -0.05) is 30.3 Å². The van der Waals surface area contributed by atoms with E-state index < -0.39 is 0 Å². The van der Waals surface area contributed by atoms with Gasteiger partial charge in [0, 0.05) is 37.6 Å². The highest BCUT2D eigenvalue weighted by Crippen LogP contribution is 2.23. The van der Waals surface area contributed by atoms with Crippen LogP contribution in [-0.2, 0) is 17.8 Å². The van der Waals surface area contributed by atoms with Gasteiger partial charge < -0.3 is 15.5 Å². The van der Waals surface area contributed by atoms with Crippen molar-refractivity contribution in [2.45, 2.75) is 19.9 Å². The molecular formula is C23H22N4O2. The van der Waals surface area contributed by atoms with E-state index in [1.807, 2.05) is 6.07 Å². The molecule has 0 radical (unpaired) electrons. The number of fused-ring (bicyclic) bond motifs is 1. The maximum atomic E-state index is 12.5. The minimum absolute atomic E-state index is 0.159. The van der Waals surface area contributed by atoms with E-state index >= 15 is 0 Å². The van der Waals surface area contributed by atoms with Crippen molar-refractivity contribution in [3.63, 3.8) is 0 Å². The molecule has 0 spiro atoms. The van der Waals surface area contributed by atoms with Crippen LogP contribution in [0.25, 0.3) is 0 Å². The van der Waals surface area contributed by atoms with Crippen LogP contribution in [0.4, 0.5) is 17.2 Å². The first-order chi connectivity index (χ1) is 14.1. The summed E-state index contributed by atoms with van der Waals surface area (Å²) in [6, 6.07) is 19.2. The van der Waals surface area contributed by atoms with E-state index in [4.69, 9.17) is 0 Å². The van der Waals surface area contributed by atoms with Crippen LogP contribution in [0, 0.1) is 0 Å². The second-order valence-corrected chi connectivity index (χ2v) is 7.06. The molecule has 0 fully saturated rings. The minimum Gasteiger partial charge on any atom is -0.352 e. The molecule has 1 aromatic heterocycles. The quantitative estimate of drug-likeness (QED) is 0.714. The van der Waals surface area contributed by atoms with Gasteiger partial charge in [0.15, 0.2) is 0 Å². The lowest BCUT2D eigenvalue weighted by atomic mass is 10.00. The lowest BCUT2D eigenvalue weighted by Gasteiger charge is -2.29. The third-order valence-electron chi connectivity index (χ3n) is 4.91. The zero-order valence-electron chi connectivity index (χ0n) is 16.2. The van der Waals surface area contributed by atoms with Crippen molar-refractivity contribution in [1.29, 1.82) is 0 Å². The number of aromatic nitrogens is 1. The summed E-state index contributed by atoms with van der Waals surface area (Å²) in [4.78, 5) is 30.5. The Morgan fingerprint density at radius 2 is 1.69 bits per heavy atom. The molecule has 6 nitrogen and oxygen atoms in total. The molecule has 2 aromatic carbocycles. The highest BCUT2D eigenvalue weighted by atomic mass is 16.2. The van der Waals surface area contributed by atoms with Crippen molar-refractivity contribution >= 4 is 29.0 Å². The average Bonchev–Trinajstić information content (AvgIpc) is 2.73. The zero-order chi connectivity index (χ0) is 20.2. The van der Waals surface area contributed by atoms with Gasteiger partial charge in [0.1, 0.15) is 5.82 Å². The molecule has 4 rings (SSSR count). The van der Waals surface area contributed by atoms with Crippen LogP contribution < -0.4 is 15.5 Å². The van der Waals surface area contributed by atoms with E-state index in [0.717, 1.165) is 25.3 Å². The number of carbonyl (C=O) groups excluding carboxylic acids is 2. The van der Waals surface area contributed by atoms with Crippen molar-refractivity contribution in [3.8, 4) is 0 Å². The molecule has 29 heavy (non-hydrogen) atoms. The Kier molecular flexibility index (Phi) is 5.24. The van der Waals surface area contributed by atoms with Gasteiger partial charge in [0.25, 0.3) is 5.91 Å². The maximum Gasteiger partial charge on any atom is 0.257 e. The Morgan fingerprint density at radius 1 is 0.931 bits per heavy atom. The molecule has 1 aliphatic heterocycles. The van der Waals surface area contributed by atoms with Crippen LogP contribution in [-0.4, -0.2) is 23.3 Å². The lowest BCUT2D eigenvalue weighted by molar-refractivity contribution is -0.114. The molecule has 0 saturated carbocycles. The zero-order valence-corrected chi connectivity index (χ0v) is 16.2. The third-order valence-corrected chi connectivity index (χ3v) is 4.91. The molecule has 0 bridgehead atoms. The highest BCUT2D eigenvalue weighted by Gasteiger charge is 2.17. The SMILES string of the molecule is CC(=O)Nc1cccc(NC(=O)c2ccc(N3CCc4ccccc4C3)nc2)c1. The number of carbonyl (C=O) groups is 2. The number of rotatable bonds is 4. The van der Waals surface area contributed by atoms with Crippen LogP contribution in [0.3, 0.4) is 0 Å². The van der Waals surface area contributed by atoms with Crippen LogP contribution in [0.5, 0.6) is 0 Å². The fraction of sp³-hybridized carbons (Fsp3) is 0.174. The average molecular weight is 386 g/mol. The first-order valence-corrected chi connectivity index (χ1v) is 9.55. The molecule has 146 valence electrons. The van der Waals surface area contributed by atoms with Crippen LogP contribution in [0.1, 0.15) is 28.4 Å². The molecule has 2 amide bonds. The Bertz CT molecular complexity index is 1050. The molecule has 3 aromatic rings. The van der Waals surface area contributed by atoms with E-state index in [0.29, 0.717) is 16.9 Å². The van der Waals surface area contributed by atoms with Gasteiger partial charge in [-0.3, -0.25) is 9.59 Å². The van der Waals surface area contributed by atoms with Gasteiger partial charge in [-0.15, -0.1) is 0 Å². The summed E-state index contributed by atoms with van der Waals surface area (Å²) in [6.07, 6.45) is 2.59. The number of benzene rings is 2. The van der Waals surface area contributed by atoms with Gasteiger partial charge in [0.2, 0.25) is 5.91 Å². The molecular weight excluding hydrogens is 364 g/mol. The van der Waals surface area contributed by atoms with Crippen molar-refractivity contribution in [1.82, 2.24) is 4.98 Å². The topological polar surface area (TPSA) is 74.3 Å². The van der Waals surface area contributed by atoms with Gasteiger partial charge in [-0.05, 0) is 47.9 Å². The minimum atomic E-state index is -0.243. The summed E-state index contributed by atoms with van der Waals surface area (Å²) in [5, 5.41) is 5.54. The Balaban J connectivity index is 1.43. The van der Waals surface area contributed by atoms with Gasteiger partial charge in [0.05, 0.1) is 5.56 Å². The van der Waals surface area contributed by atoms with Gasteiger partial charge in [-0.25, -0.2) is 4.98 Å². The Hall–Kier alpha value is -3.67. The smallest absolute Gasteiger partial charge is 0.257 e. The number of nitrogens with zero attached hydrogens (tertiary/aromatic N) is 2. The first-order valence-electron chi connectivity index (χ1n) is 9.55. The largest absolute Gasteiger partial charge is 0.352 e. The van der Waals surface area contributed by atoms with E-state index in [1.165, 1.54) is 18.1 Å². The molecule has 0 aliphatic carbocycles. The van der Waals surface area contributed by atoms with Crippen LogP contribution in [0.2, 0.25) is 0 Å². The summed E-state index contributed by atoms with van der Waals surface area (Å²) in [5.41, 5.74) is 4.44. The number of hydrogen-bond acceptors (Lipinski definition) is 4. The summed E-state index contributed by atoms with van der Waals surface area (Å²) < 4.78 is 0. The molecule has 0 atom stereocenters. The maximum absolute atomic E-state index is 12.5. The Labute approximate surface area is 169 Å². The predicted octanol–water partition coefficient (Wildman–Crippen LogP) is 3.86. The molecule has 0 saturated heterocycles. The number of amides is 2. The first kappa shape index (κ1) is 18.7. The predicted molar refractivity (Wildman–Crippen MR) is 114 cm³/mol. The van der Waals surface area contributed by atoms with Gasteiger partial charge >= 0.3 is 0 Å². The Morgan fingerprint density at radius 3 is 2.41 bits per heavy atom. The number of pyridine rings is 1. The van der Waals surface area contributed by atoms with Crippen molar-refractivity contribution in [2.24, 2.45) is 0 Å². The normalized spacial score (nSPS) is 12.8. The summed E-state index contributed by atoms with van der Waals surface area (Å²) >= 11 is 0. The number of hydrogen-bond donors (Lipinski definition) is 2. The van der Waals surface area contributed by atoms with Crippen molar-refractivity contribution < 1.29 is 9.59 Å². The molecule has 6 heteroatoms. The van der Waals surface area contributed by atoms with Crippen LogP contribution >= 0.6 is 0 Å². The standard InChI is InChI=1S/C23H22N4O2/c1-16(28)25-20-7-4-8-21(13-20)26-23(29)18-9-10-22(24-14-18)27-12-11-17-5-2-3-6-19(17)15-27/h2-10,13-14H,11-12,15H2,1H3,(H,25,28)(H,26,29). The number of anilines is 3. The summed E-state index contributed by atoms with van der Waals surface area (Å²) in [6.45, 7) is 3.18. The second kappa shape index (κ2) is 8.14. The second-order valence-electron chi connectivity index (χ2n) is 7.06. The van der Waals surface area contributed by atoms with E-state index in [9.17, 15) is 9.59 Å². The monoisotopic (exact) mass is 386 g/mol. The van der Waals surface area contributed by atoms with Crippen LogP contribution in [0.15, 0.2) is 66.9 Å². The molecule has 0 unspecified atom stereocenters.